The number of benzene rings is 1. The Balaban J connectivity index is 1.94. The summed E-state index contributed by atoms with van der Waals surface area (Å²) in [7, 11) is 0. The largest absolute Gasteiger partial charge is 0.310 e. The molecule has 0 aliphatic heterocycles. The van der Waals surface area contributed by atoms with E-state index >= 15 is 0 Å². The molecular formula is C15H21Cl2N. The van der Waals surface area contributed by atoms with Gasteiger partial charge in [0.25, 0.3) is 0 Å². The molecular weight excluding hydrogens is 265 g/mol. The van der Waals surface area contributed by atoms with Crippen molar-refractivity contribution < 1.29 is 0 Å². The van der Waals surface area contributed by atoms with Crippen molar-refractivity contribution in [1.29, 1.82) is 0 Å². The summed E-state index contributed by atoms with van der Waals surface area (Å²) < 4.78 is 0. The Kier molecular flexibility index (Phi) is 4.94. The van der Waals surface area contributed by atoms with E-state index in [0.717, 1.165) is 34.0 Å². The van der Waals surface area contributed by atoms with Crippen LogP contribution in [0.25, 0.3) is 0 Å². The summed E-state index contributed by atoms with van der Waals surface area (Å²) in [6.07, 6.45) is 4.10. The summed E-state index contributed by atoms with van der Waals surface area (Å²) >= 11 is 12.2. The van der Waals surface area contributed by atoms with Crippen molar-refractivity contribution in [3.8, 4) is 0 Å². The molecule has 0 spiro atoms. The zero-order valence-electron chi connectivity index (χ0n) is 11.0. The average molecular weight is 286 g/mol. The van der Waals surface area contributed by atoms with Crippen LogP contribution in [0.15, 0.2) is 18.2 Å². The van der Waals surface area contributed by atoms with Crippen molar-refractivity contribution in [1.82, 2.24) is 5.32 Å². The molecule has 1 fully saturated rings. The molecule has 3 unspecified atom stereocenters. The number of halogens is 2. The SMILES string of the molecule is CC(NCC1CCCC1C)c1cc(Cl)ccc1Cl. The van der Waals surface area contributed by atoms with Crippen LogP contribution in [0.5, 0.6) is 0 Å². The second-order valence-corrected chi connectivity index (χ2v) is 6.31. The first-order valence-corrected chi connectivity index (χ1v) is 7.52. The highest BCUT2D eigenvalue weighted by Crippen LogP contribution is 2.32. The third-order valence-electron chi connectivity index (χ3n) is 4.15. The molecule has 1 aromatic carbocycles. The highest BCUT2D eigenvalue weighted by molar-refractivity contribution is 6.33. The molecule has 0 saturated heterocycles. The van der Waals surface area contributed by atoms with E-state index in [1.54, 1.807) is 0 Å². The normalized spacial score (nSPS) is 25.3. The lowest BCUT2D eigenvalue weighted by atomic mass is 9.97. The lowest BCUT2D eigenvalue weighted by Crippen LogP contribution is -2.27. The molecule has 1 nitrogen and oxygen atoms in total. The van der Waals surface area contributed by atoms with Gasteiger partial charge in [-0.25, -0.2) is 0 Å². The molecule has 1 aliphatic carbocycles. The van der Waals surface area contributed by atoms with E-state index in [9.17, 15) is 0 Å². The van der Waals surface area contributed by atoms with Gasteiger partial charge < -0.3 is 5.32 Å². The van der Waals surface area contributed by atoms with Gasteiger partial charge in [-0.15, -0.1) is 0 Å². The molecule has 1 saturated carbocycles. The van der Waals surface area contributed by atoms with Gasteiger partial charge in [-0.3, -0.25) is 0 Å². The molecule has 18 heavy (non-hydrogen) atoms. The Bertz CT molecular complexity index is 405. The lowest BCUT2D eigenvalue weighted by Gasteiger charge is -2.21. The Labute approximate surface area is 120 Å². The fraction of sp³-hybridized carbons (Fsp3) is 0.600. The van der Waals surface area contributed by atoms with Crippen LogP contribution in [0.3, 0.4) is 0 Å². The molecule has 3 atom stereocenters. The van der Waals surface area contributed by atoms with Gasteiger partial charge in [0, 0.05) is 16.1 Å². The maximum absolute atomic E-state index is 6.22. The zero-order chi connectivity index (χ0) is 13.1. The van der Waals surface area contributed by atoms with Gasteiger partial charge >= 0.3 is 0 Å². The molecule has 100 valence electrons. The summed E-state index contributed by atoms with van der Waals surface area (Å²) in [4.78, 5) is 0. The van der Waals surface area contributed by atoms with Crippen molar-refractivity contribution in [3.63, 3.8) is 0 Å². The van der Waals surface area contributed by atoms with Gasteiger partial charge in [-0.2, -0.15) is 0 Å². The number of hydrogen-bond acceptors (Lipinski definition) is 1. The molecule has 0 bridgehead atoms. The Morgan fingerprint density at radius 2 is 2.11 bits per heavy atom. The molecule has 3 heteroatoms. The van der Waals surface area contributed by atoms with E-state index in [1.165, 1.54) is 19.3 Å². The van der Waals surface area contributed by atoms with Crippen LogP contribution in [-0.4, -0.2) is 6.54 Å². The summed E-state index contributed by atoms with van der Waals surface area (Å²) in [6.45, 7) is 5.58. The minimum Gasteiger partial charge on any atom is -0.310 e. The van der Waals surface area contributed by atoms with E-state index in [1.807, 2.05) is 18.2 Å². The summed E-state index contributed by atoms with van der Waals surface area (Å²) in [5.41, 5.74) is 1.09. The maximum Gasteiger partial charge on any atom is 0.0454 e. The molecule has 1 N–H and O–H groups in total. The van der Waals surface area contributed by atoms with E-state index < -0.39 is 0 Å². The van der Waals surface area contributed by atoms with Crippen LogP contribution in [0.4, 0.5) is 0 Å². The van der Waals surface area contributed by atoms with Crippen LogP contribution in [0, 0.1) is 11.8 Å². The van der Waals surface area contributed by atoms with E-state index in [-0.39, 0.29) is 6.04 Å². The van der Waals surface area contributed by atoms with Crippen molar-refractivity contribution >= 4 is 23.2 Å². The van der Waals surface area contributed by atoms with Crippen molar-refractivity contribution in [3.05, 3.63) is 33.8 Å². The Hall–Kier alpha value is -0.240. The third-order valence-corrected chi connectivity index (χ3v) is 4.73. The van der Waals surface area contributed by atoms with E-state index in [2.05, 4.69) is 19.2 Å². The van der Waals surface area contributed by atoms with Crippen molar-refractivity contribution in [2.75, 3.05) is 6.54 Å². The number of hydrogen-bond donors (Lipinski definition) is 1. The minimum atomic E-state index is 0.254. The van der Waals surface area contributed by atoms with Crippen LogP contribution in [0.2, 0.25) is 10.0 Å². The summed E-state index contributed by atoms with van der Waals surface area (Å²) in [5, 5.41) is 5.13. The first-order chi connectivity index (χ1) is 8.58. The molecule has 0 aromatic heterocycles. The standard InChI is InChI=1S/C15H21Cl2N/c1-10-4-3-5-12(10)9-18-11(2)14-8-13(16)6-7-15(14)17/h6-8,10-12,18H,3-5,9H2,1-2H3. The zero-order valence-corrected chi connectivity index (χ0v) is 12.6. The summed E-state index contributed by atoms with van der Waals surface area (Å²) in [6, 6.07) is 5.91. The molecule has 2 rings (SSSR count). The van der Waals surface area contributed by atoms with Crippen LogP contribution < -0.4 is 5.32 Å². The minimum absolute atomic E-state index is 0.254. The van der Waals surface area contributed by atoms with Gasteiger partial charge in [-0.05, 0) is 55.5 Å². The molecule has 1 aliphatic rings. The third kappa shape index (κ3) is 3.40. The Morgan fingerprint density at radius 3 is 2.78 bits per heavy atom. The quantitative estimate of drug-likeness (QED) is 0.813. The van der Waals surface area contributed by atoms with Gasteiger partial charge in [-0.1, -0.05) is 43.0 Å². The van der Waals surface area contributed by atoms with Gasteiger partial charge in [0.15, 0.2) is 0 Å². The predicted octanol–water partition coefficient (Wildman–Crippen LogP) is 5.08. The first-order valence-electron chi connectivity index (χ1n) is 6.76. The van der Waals surface area contributed by atoms with Crippen molar-refractivity contribution in [2.45, 2.75) is 39.2 Å². The highest BCUT2D eigenvalue weighted by atomic mass is 35.5. The van der Waals surface area contributed by atoms with Crippen molar-refractivity contribution in [2.24, 2.45) is 11.8 Å². The van der Waals surface area contributed by atoms with E-state index in [0.29, 0.717) is 0 Å². The summed E-state index contributed by atoms with van der Waals surface area (Å²) in [5.74, 6) is 1.66. The fourth-order valence-corrected chi connectivity index (χ4v) is 3.27. The fourth-order valence-electron chi connectivity index (χ4n) is 2.81. The van der Waals surface area contributed by atoms with Crippen LogP contribution in [-0.2, 0) is 0 Å². The average Bonchev–Trinajstić information content (AvgIpc) is 2.75. The van der Waals surface area contributed by atoms with Gasteiger partial charge in [0.2, 0.25) is 0 Å². The lowest BCUT2D eigenvalue weighted by molar-refractivity contribution is 0.375. The Morgan fingerprint density at radius 1 is 1.33 bits per heavy atom. The topological polar surface area (TPSA) is 12.0 Å². The molecule has 0 radical (unpaired) electrons. The number of rotatable bonds is 4. The maximum atomic E-state index is 6.22. The van der Waals surface area contributed by atoms with E-state index in [4.69, 9.17) is 23.2 Å². The smallest absolute Gasteiger partial charge is 0.0454 e. The first kappa shape index (κ1) is 14.2. The molecule has 0 heterocycles. The monoisotopic (exact) mass is 285 g/mol. The second-order valence-electron chi connectivity index (χ2n) is 5.46. The predicted molar refractivity (Wildman–Crippen MR) is 79.4 cm³/mol. The van der Waals surface area contributed by atoms with Crippen LogP contribution >= 0.6 is 23.2 Å². The van der Waals surface area contributed by atoms with Gasteiger partial charge in [0.05, 0.1) is 0 Å². The van der Waals surface area contributed by atoms with Crippen LogP contribution in [0.1, 0.15) is 44.7 Å². The molecule has 0 amide bonds. The highest BCUT2D eigenvalue weighted by Gasteiger charge is 2.23. The second kappa shape index (κ2) is 6.27. The number of nitrogens with one attached hydrogen (secondary N) is 1. The molecule has 1 aromatic rings. The van der Waals surface area contributed by atoms with Gasteiger partial charge in [0.1, 0.15) is 0 Å².